The number of anilines is 1. The van der Waals surface area contributed by atoms with E-state index in [1.807, 2.05) is 58.9 Å². The summed E-state index contributed by atoms with van der Waals surface area (Å²) >= 11 is 0. The van der Waals surface area contributed by atoms with Crippen LogP contribution in [0.15, 0.2) is 36.4 Å². The zero-order valence-electron chi connectivity index (χ0n) is 16.8. The van der Waals surface area contributed by atoms with Gasteiger partial charge in [0.1, 0.15) is 6.54 Å². The van der Waals surface area contributed by atoms with Crippen molar-refractivity contribution in [1.82, 2.24) is 5.32 Å². The topological polar surface area (TPSA) is 66.5 Å². The quantitative estimate of drug-likeness (QED) is 0.823. The first-order valence-corrected chi connectivity index (χ1v) is 10.8. The Kier molecular flexibility index (Phi) is 6.31. The first kappa shape index (κ1) is 21.0. The molecule has 2 rings (SSSR count). The van der Waals surface area contributed by atoms with Crippen LogP contribution in [-0.2, 0) is 14.8 Å². The minimum absolute atomic E-state index is 0.210. The van der Waals surface area contributed by atoms with Crippen molar-refractivity contribution in [3.05, 3.63) is 64.2 Å². The van der Waals surface area contributed by atoms with E-state index in [-0.39, 0.29) is 18.5 Å². The molecule has 0 heterocycles. The van der Waals surface area contributed by atoms with E-state index >= 15 is 0 Å². The van der Waals surface area contributed by atoms with Crippen molar-refractivity contribution >= 4 is 21.6 Å². The Morgan fingerprint density at radius 2 is 1.56 bits per heavy atom. The van der Waals surface area contributed by atoms with E-state index in [1.54, 1.807) is 6.07 Å². The van der Waals surface area contributed by atoms with Crippen molar-refractivity contribution in [2.75, 3.05) is 17.1 Å². The third-order valence-corrected chi connectivity index (χ3v) is 5.70. The summed E-state index contributed by atoms with van der Waals surface area (Å²) < 4.78 is 25.8. The van der Waals surface area contributed by atoms with Gasteiger partial charge in [0.05, 0.1) is 18.0 Å². The molecule has 0 aromatic heterocycles. The van der Waals surface area contributed by atoms with Gasteiger partial charge in [-0.05, 0) is 57.4 Å². The Labute approximate surface area is 162 Å². The van der Waals surface area contributed by atoms with Gasteiger partial charge < -0.3 is 5.32 Å². The lowest BCUT2D eigenvalue weighted by Gasteiger charge is -2.25. The van der Waals surface area contributed by atoms with Crippen molar-refractivity contribution < 1.29 is 13.2 Å². The molecule has 5 nitrogen and oxygen atoms in total. The Bertz CT molecular complexity index is 952. The van der Waals surface area contributed by atoms with E-state index in [4.69, 9.17) is 0 Å². The number of hydrogen-bond donors (Lipinski definition) is 1. The van der Waals surface area contributed by atoms with Crippen LogP contribution in [0.1, 0.15) is 40.8 Å². The Morgan fingerprint density at radius 1 is 1.00 bits per heavy atom. The summed E-state index contributed by atoms with van der Waals surface area (Å²) in [6.07, 6.45) is 1.12. The molecule has 0 aliphatic heterocycles. The van der Waals surface area contributed by atoms with E-state index in [1.165, 1.54) is 0 Å². The summed E-state index contributed by atoms with van der Waals surface area (Å²) in [4.78, 5) is 12.6. The number of rotatable bonds is 6. The van der Waals surface area contributed by atoms with Crippen molar-refractivity contribution in [3.63, 3.8) is 0 Å². The molecule has 0 aliphatic rings. The van der Waals surface area contributed by atoms with Gasteiger partial charge in [-0.15, -0.1) is 0 Å². The van der Waals surface area contributed by atoms with Crippen molar-refractivity contribution in [2.45, 2.75) is 40.7 Å². The number of amides is 1. The van der Waals surface area contributed by atoms with Gasteiger partial charge in [0.25, 0.3) is 0 Å². The molecule has 0 bridgehead atoms. The molecule has 0 aliphatic carbocycles. The van der Waals surface area contributed by atoms with Crippen LogP contribution in [0.5, 0.6) is 0 Å². The summed E-state index contributed by atoms with van der Waals surface area (Å²) in [6.45, 7) is 9.46. The number of nitrogens with one attached hydrogen (secondary N) is 1. The van der Waals surface area contributed by atoms with E-state index in [0.717, 1.165) is 38.4 Å². The molecular formula is C21H28N2O3S. The molecule has 6 heteroatoms. The fourth-order valence-electron chi connectivity index (χ4n) is 3.27. The fourth-order valence-corrected chi connectivity index (χ4v) is 4.19. The number of carbonyl (C=O) groups is 1. The number of nitrogens with zero attached hydrogens (tertiary/aromatic N) is 1. The number of carbonyl (C=O) groups excluding carboxylic acids is 1. The number of hydrogen-bond acceptors (Lipinski definition) is 3. The minimum atomic E-state index is -3.59. The highest BCUT2D eigenvalue weighted by molar-refractivity contribution is 7.92. The molecule has 0 unspecified atom stereocenters. The highest BCUT2D eigenvalue weighted by Crippen LogP contribution is 2.24. The molecule has 146 valence electrons. The highest BCUT2D eigenvalue weighted by atomic mass is 32.2. The second kappa shape index (κ2) is 8.13. The van der Waals surface area contributed by atoms with E-state index < -0.39 is 10.0 Å². The molecule has 2 aromatic rings. The summed E-state index contributed by atoms with van der Waals surface area (Å²) in [7, 11) is -3.59. The van der Waals surface area contributed by atoms with E-state index in [0.29, 0.717) is 5.69 Å². The van der Waals surface area contributed by atoms with Crippen LogP contribution in [0, 0.1) is 27.7 Å². The van der Waals surface area contributed by atoms with Crippen LogP contribution in [0.4, 0.5) is 5.69 Å². The number of aryl methyl sites for hydroxylation is 4. The molecule has 0 saturated carbocycles. The van der Waals surface area contributed by atoms with Crippen LogP contribution >= 0.6 is 0 Å². The molecule has 1 atom stereocenters. The summed E-state index contributed by atoms with van der Waals surface area (Å²) in [5.41, 5.74) is 5.65. The second-order valence-corrected chi connectivity index (χ2v) is 9.12. The van der Waals surface area contributed by atoms with Gasteiger partial charge in [0.15, 0.2) is 0 Å². The third kappa shape index (κ3) is 5.32. The van der Waals surface area contributed by atoms with Gasteiger partial charge in [-0.25, -0.2) is 8.42 Å². The molecule has 0 spiro atoms. The predicted molar refractivity (Wildman–Crippen MR) is 111 cm³/mol. The van der Waals surface area contributed by atoms with Crippen molar-refractivity contribution in [3.8, 4) is 0 Å². The summed E-state index contributed by atoms with van der Waals surface area (Å²) in [6, 6.07) is 11.3. The lowest BCUT2D eigenvalue weighted by molar-refractivity contribution is -0.120. The van der Waals surface area contributed by atoms with Gasteiger partial charge in [0.2, 0.25) is 15.9 Å². The Morgan fingerprint density at radius 3 is 2.07 bits per heavy atom. The molecule has 27 heavy (non-hydrogen) atoms. The van der Waals surface area contributed by atoms with Gasteiger partial charge in [-0.1, -0.05) is 41.5 Å². The average Bonchev–Trinajstić information content (AvgIpc) is 2.52. The van der Waals surface area contributed by atoms with Crippen LogP contribution in [0.3, 0.4) is 0 Å². The van der Waals surface area contributed by atoms with Crippen LogP contribution < -0.4 is 9.62 Å². The standard InChI is InChI=1S/C21H28N2O3S/c1-14-7-9-19(16(3)11-14)18(5)22-21(24)13-23(27(6,25)26)20-10-8-15(2)12-17(20)4/h7-12,18H,13H2,1-6H3,(H,22,24)/t18-/m0/s1. The third-order valence-electron chi connectivity index (χ3n) is 4.58. The maximum absolute atomic E-state index is 12.6. The lowest BCUT2D eigenvalue weighted by atomic mass is 10.0. The zero-order chi connectivity index (χ0) is 20.4. The second-order valence-electron chi connectivity index (χ2n) is 7.21. The Hall–Kier alpha value is -2.34. The van der Waals surface area contributed by atoms with Crippen molar-refractivity contribution in [2.24, 2.45) is 0 Å². The van der Waals surface area contributed by atoms with E-state index in [9.17, 15) is 13.2 Å². The highest BCUT2D eigenvalue weighted by Gasteiger charge is 2.23. The molecule has 0 fully saturated rings. The average molecular weight is 389 g/mol. The van der Waals surface area contributed by atoms with Crippen LogP contribution in [0.25, 0.3) is 0 Å². The van der Waals surface area contributed by atoms with E-state index in [2.05, 4.69) is 11.4 Å². The maximum atomic E-state index is 12.6. The predicted octanol–water partition coefficient (Wildman–Crippen LogP) is 3.56. The first-order chi connectivity index (χ1) is 12.5. The molecule has 2 aromatic carbocycles. The number of benzene rings is 2. The number of sulfonamides is 1. The maximum Gasteiger partial charge on any atom is 0.241 e. The molecular weight excluding hydrogens is 360 g/mol. The van der Waals surface area contributed by atoms with Crippen LogP contribution in [0.2, 0.25) is 0 Å². The summed E-state index contributed by atoms with van der Waals surface area (Å²) in [5.74, 6) is -0.340. The smallest absolute Gasteiger partial charge is 0.241 e. The molecule has 1 amide bonds. The normalized spacial score (nSPS) is 12.5. The molecule has 1 N–H and O–H groups in total. The molecule has 0 radical (unpaired) electrons. The first-order valence-electron chi connectivity index (χ1n) is 8.90. The van der Waals surface area contributed by atoms with Gasteiger partial charge in [-0.2, -0.15) is 0 Å². The monoisotopic (exact) mass is 388 g/mol. The minimum Gasteiger partial charge on any atom is -0.348 e. The molecule has 0 saturated heterocycles. The van der Waals surface area contributed by atoms with Crippen LogP contribution in [-0.4, -0.2) is 27.1 Å². The zero-order valence-corrected chi connectivity index (χ0v) is 17.6. The Balaban J connectivity index is 2.21. The SMILES string of the molecule is Cc1ccc([C@H](C)NC(=O)CN(c2ccc(C)cc2C)S(C)(=O)=O)c(C)c1. The largest absolute Gasteiger partial charge is 0.348 e. The van der Waals surface area contributed by atoms with Crippen molar-refractivity contribution in [1.29, 1.82) is 0 Å². The van der Waals surface area contributed by atoms with Gasteiger partial charge in [-0.3, -0.25) is 9.10 Å². The van der Waals surface area contributed by atoms with Gasteiger partial charge in [0, 0.05) is 0 Å². The summed E-state index contributed by atoms with van der Waals surface area (Å²) in [5, 5.41) is 2.91. The van der Waals surface area contributed by atoms with Gasteiger partial charge >= 0.3 is 0 Å². The fraction of sp³-hybridized carbons (Fsp3) is 0.381. The lowest BCUT2D eigenvalue weighted by Crippen LogP contribution is -2.41.